The number of Topliss-reactive ketones (excluding diaryl/α,β-unsaturated/α-hetero) is 1. The van der Waals surface area contributed by atoms with Crippen molar-refractivity contribution in [2.24, 2.45) is 0 Å². The highest BCUT2D eigenvalue weighted by Crippen LogP contribution is 2.34. The Kier molecular flexibility index (Phi) is 9.87. The molecule has 1 nitrogen and oxygen atoms in total. The fourth-order valence-electron chi connectivity index (χ4n) is 2.97. The SMILES string of the molecule is CCCCCCCCS[C@H](CC(=O)c1ccccc1)c1ccc(Cl)cc1. The van der Waals surface area contributed by atoms with Crippen LogP contribution >= 0.6 is 23.4 Å². The molecular formula is C23H29ClOS. The number of halogens is 1. The number of hydrogen-bond donors (Lipinski definition) is 0. The van der Waals surface area contributed by atoms with E-state index in [1.54, 1.807) is 0 Å². The van der Waals surface area contributed by atoms with E-state index in [0.29, 0.717) is 6.42 Å². The predicted octanol–water partition coefficient (Wildman–Crippen LogP) is 7.75. The Labute approximate surface area is 167 Å². The monoisotopic (exact) mass is 388 g/mol. The maximum Gasteiger partial charge on any atom is 0.164 e. The summed E-state index contributed by atoms with van der Waals surface area (Å²) in [6.45, 7) is 2.25. The number of ketones is 1. The number of benzene rings is 2. The summed E-state index contributed by atoms with van der Waals surface area (Å²) in [7, 11) is 0. The Morgan fingerprint density at radius 2 is 1.58 bits per heavy atom. The number of thioether (sulfide) groups is 1. The van der Waals surface area contributed by atoms with E-state index in [1.807, 2.05) is 54.2 Å². The molecule has 0 heterocycles. The first kappa shape index (κ1) is 21.1. The van der Waals surface area contributed by atoms with Gasteiger partial charge in [-0.15, -0.1) is 0 Å². The summed E-state index contributed by atoms with van der Waals surface area (Å²) in [6.07, 6.45) is 8.33. The van der Waals surface area contributed by atoms with Gasteiger partial charge in [-0.2, -0.15) is 11.8 Å². The minimum Gasteiger partial charge on any atom is -0.294 e. The summed E-state index contributed by atoms with van der Waals surface area (Å²) in [5, 5.41) is 0.929. The van der Waals surface area contributed by atoms with Crippen molar-refractivity contribution in [3.8, 4) is 0 Å². The standard InChI is InChI=1S/C23H29ClOS/c1-2-3-4-5-6-10-17-26-23(20-13-15-21(24)16-14-20)18-22(25)19-11-8-7-9-12-19/h7-9,11-16,23H,2-6,10,17-18H2,1H3/t23-/m1/s1. The van der Waals surface area contributed by atoms with Gasteiger partial charge in [0.15, 0.2) is 5.78 Å². The van der Waals surface area contributed by atoms with Crippen LogP contribution in [0.4, 0.5) is 0 Å². The molecule has 0 aliphatic carbocycles. The fraction of sp³-hybridized carbons (Fsp3) is 0.435. The van der Waals surface area contributed by atoms with E-state index in [2.05, 4.69) is 19.1 Å². The number of carbonyl (C=O) groups excluding carboxylic acids is 1. The summed E-state index contributed by atoms with van der Waals surface area (Å²) in [5.74, 6) is 1.31. The zero-order valence-electron chi connectivity index (χ0n) is 15.6. The maximum absolute atomic E-state index is 12.7. The van der Waals surface area contributed by atoms with Crippen LogP contribution in [0.1, 0.15) is 73.0 Å². The molecule has 1 atom stereocenters. The van der Waals surface area contributed by atoms with E-state index in [0.717, 1.165) is 16.3 Å². The summed E-state index contributed by atoms with van der Waals surface area (Å²) in [5.41, 5.74) is 1.99. The van der Waals surface area contributed by atoms with Gasteiger partial charge in [-0.3, -0.25) is 4.79 Å². The van der Waals surface area contributed by atoms with Crippen LogP contribution in [0.25, 0.3) is 0 Å². The highest BCUT2D eigenvalue weighted by Gasteiger charge is 2.17. The molecule has 0 aromatic heterocycles. The molecule has 0 unspecified atom stereocenters. The van der Waals surface area contributed by atoms with Gasteiger partial charge < -0.3 is 0 Å². The number of hydrogen-bond acceptors (Lipinski definition) is 2. The van der Waals surface area contributed by atoms with Crippen molar-refractivity contribution in [3.05, 3.63) is 70.7 Å². The zero-order chi connectivity index (χ0) is 18.6. The largest absolute Gasteiger partial charge is 0.294 e. The van der Waals surface area contributed by atoms with E-state index in [4.69, 9.17) is 11.6 Å². The second kappa shape index (κ2) is 12.2. The van der Waals surface area contributed by atoms with Crippen molar-refractivity contribution < 1.29 is 4.79 Å². The van der Waals surface area contributed by atoms with Gasteiger partial charge in [-0.25, -0.2) is 0 Å². The van der Waals surface area contributed by atoms with Gasteiger partial charge in [-0.05, 0) is 29.9 Å². The molecule has 0 aliphatic heterocycles. The molecule has 0 aliphatic rings. The Morgan fingerprint density at radius 3 is 2.27 bits per heavy atom. The lowest BCUT2D eigenvalue weighted by atomic mass is 10.0. The van der Waals surface area contributed by atoms with Crippen LogP contribution in [-0.4, -0.2) is 11.5 Å². The Hall–Kier alpha value is -1.25. The molecule has 26 heavy (non-hydrogen) atoms. The molecule has 2 aromatic carbocycles. The van der Waals surface area contributed by atoms with Crippen LogP contribution in [0.2, 0.25) is 5.02 Å². The molecule has 140 valence electrons. The molecule has 0 saturated heterocycles. The maximum atomic E-state index is 12.7. The molecule has 0 bridgehead atoms. The number of unbranched alkanes of at least 4 members (excludes halogenated alkanes) is 5. The molecule has 0 saturated carbocycles. The van der Waals surface area contributed by atoms with Gasteiger partial charge in [-0.1, -0.05) is 93.1 Å². The topological polar surface area (TPSA) is 17.1 Å². The van der Waals surface area contributed by atoms with Crippen molar-refractivity contribution in [3.63, 3.8) is 0 Å². The van der Waals surface area contributed by atoms with Gasteiger partial charge in [0.1, 0.15) is 0 Å². The van der Waals surface area contributed by atoms with Crippen molar-refractivity contribution in [1.29, 1.82) is 0 Å². The molecule has 0 spiro atoms. The van der Waals surface area contributed by atoms with Crippen LogP contribution in [-0.2, 0) is 0 Å². The van der Waals surface area contributed by atoms with E-state index >= 15 is 0 Å². The summed E-state index contributed by atoms with van der Waals surface area (Å²) in [4.78, 5) is 12.7. The third kappa shape index (κ3) is 7.55. The van der Waals surface area contributed by atoms with Gasteiger partial charge in [0.25, 0.3) is 0 Å². The van der Waals surface area contributed by atoms with E-state index in [9.17, 15) is 4.79 Å². The first-order valence-corrected chi connectivity index (χ1v) is 11.1. The lowest BCUT2D eigenvalue weighted by molar-refractivity contribution is 0.0982. The lowest BCUT2D eigenvalue weighted by Gasteiger charge is -2.17. The molecular weight excluding hydrogens is 360 g/mol. The summed E-state index contributed by atoms with van der Waals surface area (Å²) >= 11 is 7.93. The first-order chi connectivity index (χ1) is 12.7. The van der Waals surface area contributed by atoms with Gasteiger partial charge in [0.05, 0.1) is 0 Å². The normalized spacial score (nSPS) is 12.1. The van der Waals surface area contributed by atoms with Crippen molar-refractivity contribution in [2.45, 2.75) is 57.1 Å². The minimum absolute atomic E-state index is 0.190. The summed E-state index contributed by atoms with van der Waals surface area (Å²) < 4.78 is 0. The van der Waals surface area contributed by atoms with Crippen LogP contribution in [0, 0.1) is 0 Å². The quantitative estimate of drug-likeness (QED) is 0.273. The van der Waals surface area contributed by atoms with E-state index < -0.39 is 0 Å². The van der Waals surface area contributed by atoms with Gasteiger partial charge >= 0.3 is 0 Å². The first-order valence-electron chi connectivity index (χ1n) is 9.66. The molecule has 3 heteroatoms. The molecule has 0 radical (unpaired) electrons. The predicted molar refractivity (Wildman–Crippen MR) is 115 cm³/mol. The number of carbonyl (C=O) groups is 1. The molecule has 0 fully saturated rings. The zero-order valence-corrected chi connectivity index (χ0v) is 17.2. The Balaban J connectivity index is 1.91. The highest BCUT2D eigenvalue weighted by molar-refractivity contribution is 7.99. The lowest BCUT2D eigenvalue weighted by Crippen LogP contribution is -2.06. The second-order valence-corrected chi connectivity index (χ2v) is 8.42. The average molecular weight is 389 g/mol. The van der Waals surface area contributed by atoms with Gasteiger partial charge in [0, 0.05) is 22.3 Å². The number of rotatable bonds is 12. The minimum atomic E-state index is 0.190. The van der Waals surface area contributed by atoms with Crippen LogP contribution in [0.15, 0.2) is 54.6 Å². The van der Waals surface area contributed by atoms with Crippen LogP contribution in [0.5, 0.6) is 0 Å². The van der Waals surface area contributed by atoms with Crippen molar-refractivity contribution in [2.75, 3.05) is 5.75 Å². The second-order valence-electron chi connectivity index (χ2n) is 6.67. The Bertz CT molecular complexity index is 639. The van der Waals surface area contributed by atoms with Crippen molar-refractivity contribution in [1.82, 2.24) is 0 Å². The molecule has 2 rings (SSSR count). The molecule has 2 aromatic rings. The van der Waals surface area contributed by atoms with Gasteiger partial charge in [0.2, 0.25) is 0 Å². The fourth-order valence-corrected chi connectivity index (χ4v) is 4.37. The summed E-state index contributed by atoms with van der Waals surface area (Å²) in [6, 6.07) is 17.5. The van der Waals surface area contributed by atoms with E-state index in [1.165, 1.54) is 44.1 Å². The highest BCUT2D eigenvalue weighted by atomic mass is 35.5. The van der Waals surface area contributed by atoms with Crippen LogP contribution in [0.3, 0.4) is 0 Å². The van der Waals surface area contributed by atoms with Crippen molar-refractivity contribution >= 4 is 29.1 Å². The van der Waals surface area contributed by atoms with E-state index in [-0.39, 0.29) is 11.0 Å². The molecule has 0 N–H and O–H groups in total. The Morgan fingerprint density at radius 1 is 0.923 bits per heavy atom. The van der Waals surface area contributed by atoms with Crippen LogP contribution < -0.4 is 0 Å². The third-order valence-electron chi connectivity index (χ3n) is 4.53. The smallest absolute Gasteiger partial charge is 0.164 e. The third-order valence-corrected chi connectivity index (χ3v) is 6.14. The average Bonchev–Trinajstić information content (AvgIpc) is 2.67. The molecule has 0 amide bonds.